The summed E-state index contributed by atoms with van der Waals surface area (Å²) in [4.78, 5) is 27.3. The quantitative estimate of drug-likeness (QED) is 0.731. The number of hydrogen-bond donors (Lipinski definition) is 2. The summed E-state index contributed by atoms with van der Waals surface area (Å²) in [5, 5.41) is 10.1. The molecule has 1 aliphatic heterocycles. The number of urea groups is 1. The molecule has 0 saturated heterocycles. The number of rotatable bonds is 5. The third-order valence-electron chi connectivity index (χ3n) is 4.45. The first kappa shape index (κ1) is 20.2. The number of nitrogens with one attached hydrogen (secondary N) is 2. The monoisotopic (exact) mass is 422 g/mol. The highest BCUT2D eigenvalue weighted by Crippen LogP contribution is 2.38. The second-order valence-electron chi connectivity index (χ2n) is 6.45. The highest BCUT2D eigenvalue weighted by molar-refractivity contribution is 6.36. The Bertz CT molecular complexity index is 934. The lowest BCUT2D eigenvalue weighted by atomic mass is 9.94. The minimum Gasteiger partial charge on any atom is -0.360 e. The van der Waals surface area contributed by atoms with Crippen LogP contribution >= 0.6 is 23.2 Å². The second kappa shape index (κ2) is 8.24. The lowest BCUT2D eigenvalue weighted by Gasteiger charge is -2.36. The summed E-state index contributed by atoms with van der Waals surface area (Å²) in [6.07, 6.45) is 0.736. The molecule has 7 nitrogen and oxygen atoms in total. The summed E-state index contributed by atoms with van der Waals surface area (Å²) < 4.78 is 5.00. The molecule has 0 spiro atoms. The van der Waals surface area contributed by atoms with Gasteiger partial charge in [-0.15, -0.1) is 0 Å². The summed E-state index contributed by atoms with van der Waals surface area (Å²) in [6.45, 7) is 5.88. The van der Waals surface area contributed by atoms with Gasteiger partial charge >= 0.3 is 6.03 Å². The predicted octanol–water partition coefficient (Wildman–Crippen LogP) is 4.68. The number of aromatic nitrogens is 1. The Labute approximate surface area is 172 Å². The number of allylic oxidation sites excluding steroid dienone is 1. The van der Waals surface area contributed by atoms with E-state index in [0.717, 1.165) is 6.42 Å². The molecule has 28 heavy (non-hydrogen) atoms. The van der Waals surface area contributed by atoms with Crippen molar-refractivity contribution < 1.29 is 14.1 Å². The van der Waals surface area contributed by atoms with Crippen molar-refractivity contribution in [1.82, 2.24) is 15.4 Å². The molecule has 1 aromatic heterocycles. The summed E-state index contributed by atoms with van der Waals surface area (Å²) in [5.74, 6) is 0.426. The molecule has 1 aliphatic rings. The van der Waals surface area contributed by atoms with E-state index in [-0.39, 0.29) is 11.8 Å². The van der Waals surface area contributed by atoms with Gasteiger partial charge in [0, 0.05) is 33.9 Å². The normalized spacial score (nSPS) is 17.0. The van der Waals surface area contributed by atoms with Crippen molar-refractivity contribution in [2.75, 3.05) is 11.9 Å². The SMILES string of the molecule is CCCN1C(=O)N[C@@H](c2c(Cl)cccc2Cl)C(C(=O)Nc2cc(C)on2)=C1C. The fourth-order valence-electron chi connectivity index (χ4n) is 3.18. The van der Waals surface area contributed by atoms with E-state index in [0.29, 0.717) is 39.2 Å². The van der Waals surface area contributed by atoms with Gasteiger partial charge in [-0.05, 0) is 32.4 Å². The number of aryl methyl sites for hydroxylation is 1. The van der Waals surface area contributed by atoms with Gasteiger partial charge in [0.05, 0.1) is 11.6 Å². The molecule has 148 valence electrons. The average molecular weight is 423 g/mol. The molecule has 0 bridgehead atoms. The van der Waals surface area contributed by atoms with Crippen molar-refractivity contribution in [2.24, 2.45) is 0 Å². The Hall–Kier alpha value is -2.51. The first-order chi connectivity index (χ1) is 13.3. The highest BCUT2D eigenvalue weighted by Gasteiger charge is 2.37. The average Bonchev–Trinajstić information content (AvgIpc) is 3.03. The smallest absolute Gasteiger partial charge is 0.322 e. The Morgan fingerprint density at radius 3 is 2.57 bits per heavy atom. The van der Waals surface area contributed by atoms with Gasteiger partial charge in [-0.25, -0.2) is 4.79 Å². The maximum atomic E-state index is 13.1. The fourth-order valence-corrected chi connectivity index (χ4v) is 3.80. The molecule has 0 saturated carbocycles. The third kappa shape index (κ3) is 3.86. The van der Waals surface area contributed by atoms with Gasteiger partial charge in [-0.1, -0.05) is 41.3 Å². The molecule has 1 aromatic carbocycles. The van der Waals surface area contributed by atoms with Gasteiger partial charge in [-0.2, -0.15) is 0 Å². The molecule has 0 radical (unpaired) electrons. The minimum atomic E-state index is -0.796. The van der Waals surface area contributed by atoms with E-state index < -0.39 is 11.9 Å². The standard InChI is InChI=1S/C19H20Cl2N4O3/c1-4-8-25-11(3)15(18(26)22-14-9-10(2)28-24-14)17(23-19(25)27)16-12(20)6-5-7-13(16)21/h5-7,9,17H,4,8H2,1-3H3,(H,23,27)(H,22,24,26)/t17-/m1/s1. The predicted molar refractivity (Wildman–Crippen MR) is 107 cm³/mol. The van der Waals surface area contributed by atoms with Crippen LogP contribution in [0.5, 0.6) is 0 Å². The summed E-state index contributed by atoms with van der Waals surface area (Å²) in [5.41, 5.74) is 1.34. The fraction of sp³-hybridized carbons (Fsp3) is 0.316. The van der Waals surface area contributed by atoms with Gasteiger partial charge in [0.15, 0.2) is 5.82 Å². The topological polar surface area (TPSA) is 87.5 Å². The van der Waals surface area contributed by atoms with E-state index in [9.17, 15) is 9.59 Å². The Kier molecular flexibility index (Phi) is 5.96. The Morgan fingerprint density at radius 2 is 2.00 bits per heavy atom. The van der Waals surface area contributed by atoms with Crippen molar-refractivity contribution in [3.63, 3.8) is 0 Å². The van der Waals surface area contributed by atoms with E-state index in [1.54, 1.807) is 38.1 Å². The minimum absolute atomic E-state index is 0.283. The van der Waals surface area contributed by atoms with Gasteiger partial charge in [-0.3, -0.25) is 9.69 Å². The van der Waals surface area contributed by atoms with Crippen molar-refractivity contribution in [2.45, 2.75) is 33.2 Å². The molecular formula is C19H20Cl2N4O3. The zero-order valence-electron chi connectivity index (χ0n) is 15.7. The molecule has 3 amide bonds. The van der Waals surface area contributed by atoms with E-state index in [2.05, 4.69) is 15.8 Å². The highest BCUT2D eigenvalue weighted by atomic mass is 35.5. The number of anilines is 1. The number of carbonyl (C=O) groups excluding carboxylic acids is 2. The van der Waals surface area contributed by atoms with Crippen LogP contribution in [0.1, 0.15) is 37.6 Å². The molecule has 9 heteroatoms. The molecular weight excluding hydrogens is 403 g/mol. The van der Waals surface area contributed by atoms with Gasteiger partial charge in [0.2, 0.25) is 0 Å². The first-order valence-corrected chi connectivity index (χ1v) is 9.56. The van der Waals surface area contributed by atoms with Crippen LogP contribution in [-0.4, -0.2) is 28.5 Å². The van der Waals surface area contributed by atoms with Crippen molar-refractivity contribution in [3.8, 4) is 0 Å². The summed E-state index contributed by atoms with van der Waals surface area (Å²) in [7, 11) is 0. The number of nitrogens with zero attached hydrogens (tertiary/aromatic N) is 2. The zero-order valence-corrected chi connectivity index (χ0v) is 17.2. The molecule has 2 heterocycles. The largest absolute Gasteiger partial charge is 0.360 e. The number of amides is 3. The van der Waals surface area contributed by atoms with Gasteiger partial charge < -0.3 is 15.2 Å². The number of hydrogen-bond acceptors (Lipinski definition) is 4. The second-order valence-corrected chi connectivity index (χ2v) is 7.26. The maximum absolute atomic E-state index is 13.1. The van der Waals surface area contributed by atoms with Crippen molar-refractivity contribution >= 4 is 41.0 Å². The Balaban J connectivity index is 2.09. The van der Waals surface area contributed by atoms with Crippen LogP contribution in [0.2, 0.25) is 10.0 Å². The van der Waals surface area contributed by atoms with Gasteiger partial charge in [0.25, 0.3) is 5.91 Å². The van der Waals surface area contributed by atoms with Crippen LogP contribution in [0, 0.1) is 6.92 Å². The maximum Gasteiger partial charge on any atom is 0.322 e. The Morgan fingerprint density at radius 1 is 1.32 bits per heavy atom. The van der Waals surface area contributed by atoms with E-state index in [1.165, 1.54) is 4.90 Å². The molecule has 0 aliphatic carbocycles. The third-order valence-corrected chi connectivity index (χ3v) is 5.11. The van der Waals surface area contributed by atoms with Crippen molar-refractivity contribution in [3.05, 3.63) is 56.9 Å². The molecule has 0 unspecified atom stereocenters. The number of benzene rings is 1. The van der Waals surface area contributed by atoms with Crippen LogP contribution in [0.25, 0.3) is 0 Å². The van der Waals surface area contributed by atoms with Crippen molar-refractivity contribution in [1.29, 1.82) is 0 Å². The lowest BCUT2D eigenvalue weighted by Crippen LogP contribution is -2.48. The van der Waals surface area contributed by atoms with Gasteiger partial charge in [0.1, 0.15) is 5.76 Å². The van der Waals surface area contributed by atoms with Crippen LogP contribution in [0.15, 0.2) is 40.1 Å². The molecule has 3 rings (SSSR count). The lowest BCUT2D eigenvalue weighted by molar-refractivity contribution is -0.113. The van der Waals surface area contributed by atoms with Crippen LogP contribution in [-0.2, 0) is 4.79 Å². The first-order valence-electron chi connectivity index (χ1n) is 8.80. The number of halogens is 2. The summed E-state index contributed by atoms with van der Waals surface area (Å²) in [6, 6.07) is 5.54. The van der Waals surface area contributed by atoms with Crippen LogP contribution < -0.4 is 10.6 Å². The van der Waals surface area contributed by atoms with Crippen LogP contribution in [0.3, 0.4) is 0 Å². The summed E-state index contributed by atoms with van der Waals surface area (Å²) >= 11 is 12.7. The van der Waals surface area contributed by atoms with E-state index in [4.69, 9.17) is 27.7 Å². The molecule has 2 N–H and O–H groups in total. The molecule has 1 atom stereocenters. The van der Waals surface area contributed by atoms with E-state index >= 15 is 0 Å². The zero-order chi connectivity index (χ0) is 20.4. The molecule has 0 fully saturated rings. The van der Waals surface area contributed by atoms with Crippen LogP contribution in [0.4, 0.5) is 10.6 Å². The number of carbonyl (C=O) groups is 2. The van der Waals surface area contributed by atoms with E-state index in [1.807, 2.05) is 6.92 Å². The molecule has 2 aromatic rings.